The fraction of sp³-hybridized carbons (Fsp3) is 0.632. The largest absolute Gasteiger partial charge is 0.389 e. The molecule has 0 saturated carbocycles. The van der Waals surface area contributed by atoms with E-state index < -0.39 is 5.60 Å². The number of hydrogen-bond acceptors (Lipinski definition) is 3. The van der Waals surface area contributed by atoms with Crippen LogP contribution in [0.3, 0.4) is 0 Å². The Bertz CT molecular complexity index is 541. The summed E-state index contributed by atoms with van der Waals surface area (Å²) in [5, 5.41) is 10.3. The maximum Gasteiger partial charge on any atom is 0.253 e. The number of rotatable bonds is 4. The van der Waals surface area contributed by atoms with E-state index in [0.29, 0.717) is 0 Å². The van der Waals surface area contributed by atoms with Crippen molar-refractivity contribution in [3.63, 3.8) is 0 Å². The van der Waals surface area contributed by atoms with Crippen molar-refractivity contribution in [2.45, 2.75) is 57.7 Å². The first-order chi connectivity index (χ1) is 10.9. The molecule has 1 unspecified atom stereocenters. The van der Waals surface area contributed by atoms with Crippen LogP contribution in [0.5, 0.6) is 0 Å². The van der Waals surface area contributed by atoms with Gasteiger partial charge in [-0.05, 0) is 63.8 Å². The normalized spacial score (nSPS) is 22.7. The Kier molecular flexibility index (Phi) is 4.74. The van der Waals surface area contributed by atoms with Crippen LogP contribution in [-0.4, -0.2) is 52.1 Å². The Morgan fingerprint density at radius 1 is 1.13 bits per heavy atom. The minimum Gasteiger partial charge on any atom is -0.389 e. The molecular formula is C19H28N2O2. The van der Waals surface area contributed by atoms with Crippen molar-refractivity contribution in [3.05, 3.63) is 35.4 Å². The fourth-order valence-electron chi connectivity index (χ4n) is 3.91. The van der Waals surface area contributed by atoms with Crippen molar-refractivity contribution in [2.75, 3.05) is 19.6 Å². The van der Waals surface area contributed by atoms with E-state index in [2.05, 4.69) is 17.0 Å². The zero-order valence-electron chi connectivity index (χ0n) is 14.3. The third-order valence-corrected chi connectivity index (χ3v) is 5.16. The number of amides is 1. The number of likely N-dealkylation sites (tertiary alicyclic amines) is 2. The molecule has 0 aliphatic carbocycles. The SMILES string of the molecule is CC(C)(O)C1CCCN1Cc1ccc(C(=O)N2CCCC2)cc1. The van der Waals surface area contributed by atoms with Crippen molar-refractivity contribution in [1.82, 2.24) is 9.80 Å². The maximum absolute atomic E-state index is 12.4. The predicted octanol–water partition coefficient (Wildman–Crippen LogP) is 2.66. The topological polar surface area (TPSA) is 43.8 Å². The summed E-state index contributed by atoms with van der Waals surface area (Å²) in [5.41, 5.74) is 1.33. The van der Waals surface area contributed by atoms with Gasteiger partial charge in [-0.2, -0.15) is 0 Å². The van der Waals surface area contributed by atoms with Crippen LogP contribution in [0.15, 0.2) is 24.3 Å². The summed E-state index contributed by atoms with van der Waals surface area (Å²) in [6.07, 6.45) is 4.43. The van der Waals surface area contributed by atoms with Gasteiger partial charge in [0, 0.05) is 31.2 Å². The van der Waals surface area contributed by atoms with Crippen molar-refractivity contribution in [2.24, 2.45) is 0 Å². The van der Waals surface area contributed by atoms with Gasteiger partial charge in [0.1, 0.15) is 0 Å². The first-order valence-electron chi connectivity index (χ1n) is 8.80. The van der Waals surface area contributed by atoms with Crippen LogP contribution in [-0.2, 0) is 6.54 Å². The van der Waals surface area contributed by atoms with Crippen LogP contribution in [0, 0.1) is 0 Å². The van der Waals surface area contributed by atoms with E-state index in [1.807, 2.05) is 30.9 Å². The number of nitrogens with zero attached hydrogens (tertiary/aromatic N) is 2. The summed E-state index contributed by atoms with van der Waals surface area (Å²) in [4.78, 5) is 16.7. The van der Waals surface area contributed by atoms with Crippen LogP contribution in [0.2, 0.25) is 0 Å². The Balaban J connectivity index is 1.64. The van der Waals surface area contributed by atoms with Gasteiger partial charge in [0.2, 0.25) is 0 Å². The van der Waals surface area contributed by atoms with Crippen LogP contribution >= 0.6 is 0 Å². The maximum atomic E-state index is 12.4. The molecular weight excluding hydrogens is 288 g/mol. The van der Waals surface area contributed by atoms with E-state index >= 15 is 0 Å². The van der Waals surface area contributed by atoms with E-state index in [1.54, 1.807) is 0 Å². The first-order valence-corrected chi connectivity index (χ1v) is 8.80. The van der Waals surface area contributed by atoms with Crippen LogP contribution in [0.4, 0.5) is 0 Å². The first kappa shape index (κ1) is 16.5. The molecule has 1 amide bonds. The number of carbonyl (C=O) groups is 1. The molecule has 2 aliphatic rings. The summed E-state index contributed by atoms with van der Waals surface area (Å²) in [7, 11) is 0. The molecule has 1 atom stereocenters. The lowest BCUT2D eigenvalue weighted by atomic mass is 9.96. The minimum absolute atomic E-state index is 0.157. The average Bonchev–Trinajstić information content (AvgIpc) is 3.18. The van der Waals surface area contributed by atoms with E-state index in [1.165, 1.54) is 5.56 Å². The molecule has 2 fully saturated rings. The molecule has 1 N–H and O–H groups in total. The summed E-state index contributed by atoms with van der Waals surface area (Å²) >= 11 is 0. The molecule has 0 bridgehead atoms. The van der Waals surface area contributed by atoms with Crippen molar-refractivity contribution < 1.29 is 9.90 Å². The molecule has 1 aromatic rings. The van der Waals surface area contributed by atoms with Gasteiger partial charge in [0.25, 0.3) is 5.91 Å². The third-order valence-electron chi connectivity index (χ3n) is 5.16. The van der Waals surface area contributed by atoms with Gasteiger partial charge in [0.05, 0.1) is 5.60 Å². The zero-order valence-corrected chi connectivity index (χ0v) is 14.3. The lowest BCUT2D eigenvalue weighted by Crippen LogP contribution is -2.45. The van der Waals surface area contributed by atoms with Crippen LogP contribution < -0.4 is 0 Å². The number of carbonyl (C=O) groups excluding carboxylic acids is 1. The molecule has 2 saturated heterocycles. The highest BCUT2D eigenvalue weighted by Gasteiger charge is 2.35. The minimum atomic E-state index is -0.665. The van der Waals surface area contributed by atoms with Gasteiger partial charge in [0.15, 0.2) is 0 Å². The van der Waals surface area contributed by atoms with Crippen molar-refractivity contribution in [3.8, 4) is 0 Å². The highest BCUT2D eigenvalue weighted by atomic mass is 16.3. The Labute approximate surface area is 139 Å². The highest BCUT2D eigenvalue weighted by Crippen LogP contribution is 2.28. The van der Waals surface area contributed by atoms with Crippen LogP contribution in [0.1, 0.15) is 55.5 Å². The smallest absolute Gasteiger partial charge is 0.253 e. The molecule has 4 nitrogen and oxygen atoms in total. The Morgan fingerprint density at radius 3 is 2.39 bits per heavy atom. The summed E-state index contributed by atoms with van der Waals surface area (Å²) in [6, 6.07) is 8.23. The second kappa shape index (κ2) is 6.62. The third kappa shape index (κ3) is 3.75. The van der Waals surface area contributed by atoms with Crippen molar-refractivity contribution in [1.29, 1.82) is 0 Å². The monoisotopic (exact) mass is 316 g/mol. The van der Waals surface area contributed by atoms with E-state index in [4.69, 9.17) is 0 Å². The number of benzene rings is 1. The molecule has 23 heavy (non-hydrogen) atoms. The second-order valence-electron chi connectivity index (χ2n) is 7.48. The Morgan fingerprint density at radius 2 is 1.78 bits per heavy atom. The van der Waals surface area contributed by atoms with Gasteiger partial charge >= 0.3 is 0 Å². The molecule has 126 valence electrons. The quantitative estimate of drug-likeness (QED) is 0.929. The fourth-order valence-corrected chi connectivity index (χ4v) is 3.91. The number of hydrogen-bond donors (Lipinski definition) is 1. The van der Waals surface area contributed by atoms with Gasteiger partial charge in [-0.3, -0.25) is 9.69 Å². The molecule has 1 aromatic carbocycles. The Hall–Kier alpha value is -1.39. The van der Waals surface area contributed by atoms with Crippen LogP contribution in [0.25, 0.3) is 0 Å². The van der Waals surface area contributed by atoms with Crippen molar-refractivity contribution >= 4 is 5.91 Å². The predicted molar refractivity (Wildman–Crippen MR) is 91.3 cm³/mol. The zero-order chi connectivity index (χ0) is 16.4. The van der Waals surface area contributed by atoms with Gasteiger partial charge < -0.3 is 10.0 Å². The standard InChI is InChI=1S/C19H28N2O2/c1-19(2,23)17-6-5-13-21(17)14-15-7-9-16(10-8-15)18(22)20-11-3-4-12-20/h7-10,17,23H,3-6,11-14H2,1-2H3. The molecule has 2 heterocycles. The summed E-state index contributed by atoms with van der Waals surface area (Å²) < 4.78 is 0. The molecule has 0 radical (unpaired) electrons. The second-order valence-corrected chi connectivity index (χ2v) is 7.48. The molecule has 4 heteroatoms. The van der Waals surface area contributed by atoms with E-state index in [9.17, 15) is 9.90 Å². The van der Waals surface area contributed by atoms with Gasteiger partial charge in [-0.25, -0.2) is 0 Å². The molecule has 0 spiro atoms. The molecule has 3 rings (SSSR count). The number of aliphatic hydroxyl groups is 1. The van der Waals surface area contributed by atoms with Gasteiger partial charge in [-0.1, -0.05) is 12.1 Å². The summed E-state index contributed by atoms with van der Waals surface area (Å²) in [6.45, 7) is 7.45. The van der Waals surface area contributed by atoms with E-state index in [0.717, 1.165) is 57.4 Å². The van der Waals surface area contributed by atoms with Gasteiger partial charge in [-0.15, -0.1) is 0 Å². The van der Waals surface area contributed by atoms with E-state index in [-0.39, 0.29) is 11.9 Å². The summed E-state index contributed by atoms with van der Waals surface area (Å²) in [5.74, 6) is 0.157. The molecule has 2 aliphatic heterocycles. The lowest BCUT2D eigenvalue weighted by Gasteiger charge is -2.33. The average molecular weight is 316 g/mol. The molecule has 0 aromatic heterocycles. The lowest BCUT2D eigenvalue weighted by molar-refractivity contribution is -0.00501. The highest BCUT2D eigenvalue weighted by molar-refractivity contribution is 5.94.